The molecule has 1 aliphatic rings. The SMILES string of the molecule is CCOC1CCCN(c2ccc(CNCCOC)cc2)C1. The van der Waals surface area contributed by atoms with Crippen LogP contribution in [-0.2, 0) is 16.0 Å². The minimum Gasteiger partial charge on any atom is -0.383 e. The molecule has 1 aliphatic heterocycles. The summed E-state index contributed by atoms with van der Waals surface area (Å²) in [7, 11) is 1.73. The molecule has 0 amide bonds. The number of ether oxygens (including phenoxy) is 2. The Kier molecular flexibility index (Phi) is 7.00. The van der Waals surface area contributed by atoms with E-state index in [1.165, 1.54) is 24.1 Å². The van der Waals surface area contributed by atoms with Crippen LogP contribution in [0.25, 0.3) is 0 Å². The number of rotatable bonds is 8. The summed E-state index contributed by atoms with van der Waals surface area (Å²) in [5, 5.41) is 3.37. The number of hydrogen-bond acceptors (Lipinski definition) is 4. The second-order valence-corrected chi connectivity index (χ2v) is 5.50. The highest BCUT2D eigenvalue weighted by atomic mass is 16.5. The molecule has 0 bridgehead atoms. The third kappa shape index (κ3) is 5.30. The van der Waals surface area contributed by atoms with E-state index >= 15 is 0 Å². The van der Waals surface area contributed by atoms with E-state index in [1.807, 2.05) is 0 Å². The van der Waals surface area contributed by atoms with Gasteiger partial charge in [0.15, 0.2) is 0 Å². The maximum absolute atomic E-state index is 5.77. The zero-order chi connectivity index (χ0) is 14.9. The molecule has 1 N–H and O–H groups in total. The van der Waals surface area contributed by atoms with E-state index in [1.54, 1.807) is 7.11 Å². The molecule has 0 aromatic heterocycles. The van der Waals surface area contributed by atoms with Gasteiger partial charge in [0.25, 0.3) is 0 Å². The standard InChI is InChI=1S/C17H28N2O2/c1-3-21-17-5-4-11-19(14-17)16-8-6-15(7-9-16)13-18-10-12-20-2/h6-9,17-18H,3-5,10-14H2,1-2H3. The Morgan fingerprint density at radius 1 is 1.29 bits per heavy atom. The van der Waals surface area contributed by atoms with Crippen LogP contribution in [0, 0.1) is 0 Å². The summed E-state index contributed by atoms with van der Waals surface area (Å²) in [5.74, 6) is 0. The van der Waals surface area contributed by atoms with E-state index in [-0.39, 0.29) is 0 Å². The lowest BCUT2D eigenvalue weighted by molar-refractivity contribution is 0.0527. The van der Waals surface area contributed by atoms with Crippen molar-refractivity contribution in [3.8, 4) is 0 Å². The van der Waals surface area contributed by atoms with Crippen LogP contribution in [0.5, 0.6) is 0 Å². The van der Waals surface area contributed by atoms with Crippen LogP contribution >= 0.6 is 0 Å². The van der Waals surface area contributed by atoms with E-state index in [4.69, 9.17) is 9.47 Å². The number of hydrogen-bond donors (Lipinski definition) is 1. The Morgan fingerprint density at radius 2 is 2.10 bits per heavy atom. The highest BCUT2D eigenvalue weighted by molar-refractivity contribution is 5.48. The third-order valence-corrected chi connectivity index (χ3v) is 3.89. The van der Waals surface area contributed by atoms with E-state index in [2.05, 4.69) is 41.4 Å². The van der Waals surface area contributed by atoms with Crippen LogP contribution in [0.4, 0.5) is 5.69 Å². The Hall–Kier alpha value is -1.10. The molecule has 1 fully saturated rings. The number of benzene rings is 1. The molecule has 0 saturated carbocycles. The molecule has 0 radical (unpaired) electrons. The first-order chi connectivity index (χ1) is 10.3. The maximum atomic E-state index is 5.77. The number of methoxy groups -OCH3 is 1. The van der Waals surface area contributed by atoms with Gasteiger partial charge in [-0.15, -0.1) is 0 Å². The van der Waals surface area contributed by atoms with Gasteiger partial charge in [-0.2, -0.15) is 0 Å². The van der Waals surface area contributed by atoms with Crippen molar-refractivity contribution in [1.29, 1.82) is 0 Å². The van der Waals surface area contributed by atoms with Crippen molar-refractivity contribution < 1.29 is 9.47 Å². The molecule has 21 heavy (non-hydrogen) atoms. The number of nitrogens with zero attached hydrogens (tertiary/aromatic N) is 1. The van der Waals surface area contributed by atoms with Crippen molar-refractivity contribution in [2.24, 2.45) is 0 Å². The molecule has 0 spiro atoms. The lowest BCUT2D eigenvalue weighted by Crippen LogP contribution is -2.39. The van der Waals surface area contributed by atoms with Crippen LogP contribution in [0.1, 0.15) is 25.3 Å². The number of piperidine rings is 1. The molecule has 1 aromatic rings. The molecular weight excluding hydrogens is 264 g/mol. The first-order valence-electron chi connectivity index (χ1n) is 7.98. The van der Waals surface area contributed by atoms with Gasteiger partial charge in [0.1, 0.15) is 0 Å². The van der Waals surface area contributed by atoms with Crippen molar-refractivity contribution in [3.63, 3.8) is 0 Å². The first-order valence-corrected chi connectivity index (χ1v) is 7.98. The van der Waals surface area contributed by atoms with E-state index in [0.29, 0.717) is 6.10 Å². The summed E-state index contributed by atoms with van der Waals surface area (Å²) in [6.07, 6.45) is 2.79. The molecule has 1 saturated heterocycles. The summed E-state index contributed by atoms with van der Waals surface area (Å²) < 4.78 is 10.8. The van der Waals surface area contributed by atoms with Crippen molar-refractivity contribution in [2.45, 2.75) is 32.4 Å². The Balaban J connectivity index is 1.83. The predicted octanol–water partition coefficient (Wildman–Crippen LogP) is 2.43. The molecule has 1 atom stereocenters. The van der Waals surface area contributed by atoms with Gasteiger partial charge in [-0.25, -0.2) is 0 Å². The van der Waals surface area contributed by atoms with Crippen molar-refractivity contribution in [1.82, 2.24) is 5.32 Å². The van der Waals surface area contributed by atoms with Gasteiger partial charge < -0.3 is 19.7 Å². The molecule has 4 nitrogen and oxygen atoms in total. The molecule has 2 rings (SSSR count). The lowest BCUT2D eigenvalue weighted by atomic mass is 10.1. The first kappa shape index (κ1) is 16.3. The van der Waals surface area contributed by atoms with Gasteiger partial charge in [-0.05, 0) is 37.5 Å². The topological polar surface area (TPSA) is 33.7 Å². The maximum Gasteiger partial charge on any atom is 0.0750 e. The molecule has 1 heterocycles. The Morgan fingerprint density at radius 3 is 2.81 bits per heavy atom. The Labute approximate surface area is 128 Å². The lowest BCUT2D eigenvalue weighted by Gasteiger charge is -2.34. The molecule has 1 unspecified atom stereocenters. The highest BCUT2D eigenvalue weighted by Gasteiger charge is 2.20. The number of anilines is 1. The van der Waals surface area contributed by atoms with Gasteiger partial charge >= 0.3 is 0 Å². The largest absolute Gasteiger partial charge is 0.383 e. The van der Waals surface area contributed by atoms with Crippen molar-refractivity contribution >= 4 is 5.69 Å². The zero-order valence-electron chi connectivity index (χ0n) is 13.3. The van der Waals surface area contributed by atoms with Crippen molar-refractivity contribution in [2.75, 3.05) is 44.9 Å². The van der Waals surface area contributed by atoms with Gasteiger partial charge in [-0.3, -0.25) is 0 Å². The number of nitrogens with one attached hydrogen (secondary N) is 1. The van der Waals surface area contributed by atoms with Crippen LogP contribution in [0.15, 0.2) is 24.3 Å². The summed E-state index contributed by atoms with van der Waals surface area (Å²) in [5.41, 5.74) is 2.62. The second-order valence-electron chi connectivity index (χ2n) is 5.50. The monoisotopic (exact) mass is 292 g/mol. The molecule has 118 valence electrons. The van der Waals surface area contributed by atoms with Gasteiger partial charge in [0, 0.05) is 45.6 Å². The third-order valence-electron chi connectivity index (χ3n) is 3.89. The summed E-state index contributed by atoms with van der Waals surface area (Å²) in [6.45, 7) is 7.57. The normalized spacial score (nSPS) is 19.0. The molecular formula is C17H28N2O2. The van der Waals surface area contributed by atoms with Crippen molar-refractivity contribution in [3.05, 3.63) is 29.8 Å². The summed E-state index contributed by atoms with van der Waals surface area (Å²) >= 11 is 0. The fourth-order valence-electron chi connectivity index (χ4n) is 2.78. The van der Waals surface area contributed by atoms with Crippen LogP contribution in [0.3, 0.4) is 0 Å². The van der Waals surface area contributed by atoms with E-state index in [9.17, 15) is 0 Å². The Bertz CT molecular complexity index is 392. The van der Waals surface area contributed by atoms with E-state index < -0.39 is 0 Å². The van der Waals surface area contributed by atoms with E-state index in [0.717, 1.165) is 39.4 Å². The second kappa shape index (κ2) is 9.03. The average Bonchev–Trinajstić information content (AvgIpc) is 2.53. The van der Waals surface area contributed by atoms with Gasteiger partial charge in [-0.1, -0.05) is 12.1 Å². The predicted molar refractivity (Wildman–Crippen MR) is 86.9 cm³/mol. The van der Waals surface area contributed by atoms with Crippen LogP contribution < -0.4 is 10.2 Å². The molecule has 1 aromatic carbocycles. The smallest absolute Gasteiger partial charge is 0.0750 e. The fraction of sp³-hybridized carbons (Fsp3) is 0.647. The van der Waals surface area contributed by atoms with Crippen LogP contribution in [-0.4, -0.2) is 46.1 Å². The van der Waals surface area contributed by atoms with Crippen LogP contribution in [0.2, 0.25) is 0 Å². The fourth-order valence-corrected chi connectivity index (χ4v) is 2.78. The highest BCUT2D eigenvalue weighted by Crippen LogP contribution is 2.21. The molecule has 0 aliphatic carbocycles. The summed E-state index contributed by atoms with van der Waals surface area (Å²) in [4.78, 5) is 2.44. The summed E-state index contributed by atoms with van der Waals surface area (Å²) in [6, 6.07) is 8.86. The minimum absolute atomic E-state index is 0.388. The molecule has 4 heteroatoms. The minimum atomic E-state index is 0.388. The zero-order valence-corrected chi connectivity index (χ0v) is 13.3. The average molecular weight is 292 g/mol. The van der Waals surface area contributed by atoms with Gasteiger partial charge in [0.2, 0.25) is 0 Å². The quantitative estimate of drug-likeness (QED) is 0.746. The van der Waals surface area contributed by atoms with Gasteiger partial charge in [0.05, 0.1) is 12.7 Å².